The van der Waals surface area contributed by atoms with Gasteiger partial charge in [0.1, 0.15) is 5.60 Å². The molecule has 2 unspecified atom stereocenters. The van der Waals surface area contributed by atoms with Crippen LogP contribution < -0.4 is 0 Å². The van der Waals surface area contributed by atoms with Gasteiger partial charge >= 0.3 is 21.7 Å². The number of benzene rings is 2. The zero-order valence-corrected chi connectivity index (χ0v) is 21.2. The van der Waals surface area contributed by atoms with Crippen LogP contribution in [0.5, 0.6) is 0 Å². The van der Waals surface area contributed by atoms with E-state index in [4.69, 9.17) is 8.92 Å². The molecule has 36 heavy (non-hydrogen) atoms. The summed E-state index contributed by atoms with van der Waals surface area (Å²) in [6, 6.07) is 19.2. The Hall–Kier alpha value is -2.59. The predicted octanol–water partition coefficient (Wildman–Crippen LogP) is 5.48. The van der Waals surface area contributed by atoms with Crippen molar-refractivity contribution in [2.24, 2.45) is 11.8 Å². The second kappa shape index (κ2) is 9.37. The van der Waals surface area contributed by atoms with E-state index in [-0.39, 0.29) is 19.5 Å². The van der Waals surface area contributed by atoms with E-state index in [0.29, 0.717) is 6.42 Å². The summed E-state index contributed by atoms with van der Waals surface area (Å²) in [7, 11) is -5.80. The molecule has 1 aliphatic carbocycles. The van der Waals surface area contributed by atoms with Gasteiger partial charge in [-0.25, -0.2) is 4.79 Å². The molecule has 1 aliphatic heterocycles. The Morgan fingerprint density at radius 3 is 1.94 bits per heavy atom. The monoisotopic (exact) mass is 525 g/mol. The molecule has 0 N–H and O–H groups in total. The van der Waals surface area contributed by atoms with E-state index in [0.717, 1.165) is 11.1 Å². The van der Waals surface area contributed by atoms with Gasteiger partial charge in [0.05, 0.1) is 6.10 Å². The Bertz CT molecular complexity index is 1140. The average molecular weight is 526 g/mol. The smallest absolute Gasteiger partial charge is 0.444 e. The van der Waals surface area contributed by atoms with E-state index >= 15 is 0 Å². The average Bonchev–Trinajstić information content (AvgIpc) is 3.25. The number of ether oxygens (including phenoxy) is 1. The van der Waals surface area contributed by atoms with Crippen LogP contribution in [0.1, 0.15) is 44.7 Å². The highest BCUT2D eigenvalue weighted by molar-refractivity contribution is 7.87. The van der Waals surface area contributed by atoms with Crippen molar-refractivity contribution in [2.75, 3.05) is 13.1 Å². The number of likely N-dealkylation sites (tertiary alicyclic amines) is 1. The number of halogens is 3. The second-order valence-electron chi connectivity index (χ2n) is 10.4. The first-order valence-corrected chi connectivity index (χ1v) is 13.2. The van der Waals surface area contributed by atoms with Crippen molar-refractivity contribution in [2.45, 2.75) is 56.2 Å². The lowest BCUT2D eigenvalue weighted by Crippen LogP contribution is -2.50. The Kier molecular flexibility index (Phi) is 6.89. The molecule has 1 amide bonds. The molecule has 3 atom stereocenters. The predicted molar refractivity (Wildman–Crippen MR) is 128 cm³/mol. The minimum Gasteiger partial charge on any atom is -0.444 e. The van der Waals surface area contributed by atoms with Crippen LogP contribution in [-0.4, -0.2) is 49.7 Å². The lowest BCUT2D eigenvalue weighted by atomic mass is 9.56. The number of hydrogen-bond donors (Lipinski definition) is 0. The van der Waals surface area contributed by atoms with Crippen molar-refractivity contribution < 1.29 is 35.3 Å². The minimum atomic E-state index is -5.80. The number of alkyl halides is 3. The largest absolute Gasteiger partial charge is 0.523 e. The van der Waals surface area contributed by atoms with E-state index in [1.165, 1.54) is 4.90 Å². The van der Waals surface area contributed by atoms with Crippen LogP contribution in [0, 0.1) is 11.8 Å². The number of hydrogen-bond acceptors (Lipinski definition) is 5. The van der Waals surface area contributed by atoms with Crippen LogP contribution in [0.4, 0.5) is 18.0 Å². The van der Waals surface area contributed by atoms with E-state index in [9.17, 15) is 26.4 Å². The summed E-state index contributed by atoms with van der Waals surface area (Å²) in [4.78, 5) is 14.5. The number of amides is 1. The van der Waals surface area contributed by atoms with Crippen molar-refractivity contribution in [3.05, 3.63) is 71.8 Å². The van der Waals surface area contributed by atoms with E-state index < -0.39 is 50.7 Å². The zero-order valence-electron chi connectivity index (χ0n) is 20.4. The molecule has 2 aromatic carbocycles. The highest BCUT2D eigenvalue weighted by Gasteiger charge is 2.58. The molecule has 1 saturated heterocycles. The van der Waals surface area contributed by atoms with Crippen LogP contribution >= 0.6 is 0 Å². The van der Waals surface area contributed by atoms with Crippen LogP contribution in [0.25, 0.3) is 0 Å². The lowest BCUT2D eigenvalue weighted by molar-refractivity contribution is -0.0638. The Balaban J connectivity index is 1.80. The van der Waals surface area contributed by atoms with Crippen molar-refractivity contribution in [1.29, 1.82) is 0 Å². The van der Waals surface area contributed by atoms with Crippen molar-refractivity contribution in [3.8, 4) is 0 Å². The molecule has 6 nitrogen and oxygen atoms in total. The fraction of sp³-hybridized carbons (Fsp3) is 0.500. The molecule has 4 rings (SSSR count). The maximum atomic E-state index is 13.2. The summed E-state index contributed by atoms with van der Waals surface area (Å²) in [5, 5.41) is 0. The molecule has 0 aromatic heterocycles. The first-order chi connectivity index (χ1) is 16.7. The molecule has 196 valence electrons. The standard InChI is InChI=1S/C26H30F3NO5S/c1-24(2,3)34-23(31)30-16-20-21(17-30)25(18-10-6-4-7-11-18,19-12-8-5-9-13-19)15-14-22(20)35-36(32,33)26(27,28)29/h4-13,20-22H,14-17H2,1-3H3/t20-,21?,22?/m0/s1. The van der Waals surface area contributed by atoms with Crippen LogP contribution in [0.2, 0.25) is 0 Å². The quantitative estimate of drug-likeness (QED) is 0.390. The number of rotatable bonds is 4. The summed E-state index contributed by atoms with van der Waals surface area (Å²) in [6.07, 6.45) is -1.40. The maximum absolute atomic E-state index is 13.2. The first kappa shape index (κ1) is 26.5. The van der Waals surface area contributed by atoms with E-state index in [1.54, 1.807) is 20.8 Å². The van der Waals surface area contributed by atoms with Gasteiger partial charge in [-0.05, 0) is 50.7 Å². The SMILES string of the molecule is CC(C)(C)OC(=O)N1CC2[C@H](C1)C(OS(=O)(=O)C(F)(F)F)CCC2(c1ccccc1)c1ccccc1. The molecule has 2 aliphatic rings. The van der Waals surface area contributed by atoms with Gasteiger partial charge in [-0.2, -0.15) is 21.6 Å². The molecule has 1 saturated carbocycles. The van der Waals surface area contributed by atoms with Gasteiger partial charge in [0.2, 0.25) is 0 Å². The normalized spacial score (nSPS) is 24.3. The molecule has 0 radical (unpaired) electrons. The maximum Gasteiger partial charge on any atom is 0.523 e. The topological polar surface area (TPSA) is 72.9 Å². The summed E-state index contributed by atoms with van der Waals surface area (Å²) in [5.74, 6) is -1.07. The molecular formula is C26H30F3NO5S. The summed E-state index contributed by atoms with van der Waals surface area (Å²) in [5.41, 5.74) is -5.05. The highest BCUT2D eigenvalue weighted by atomic mass is 32.2. The first-order valence-electron chi connectivity index (χ1n) is 11.8. The summed E-state index contributed by atoms with van der Waals surface area (Å²) in [6.45, 7) is 5.41. The molecule has 10 heteroatoms. The lowest BCUT2D eigenvalue weighted by Gasteiger charge is -2.48. The Morgan fingerprint density at radius 2 is 1.47 bits per heavy atom. The van der Waals surface area contributed by atoms with Gasteiger partial charge in [-0.15, -0.1) is 0 Å². The van der Waals surface area contributed by atoms with Gasteiger partial charge in [-0.1, -0.05) is 60.7 Å². The summed E-state index contributed by atoms with van der Waals surface area (Å²) < 4.78 is 73.9. The van der Waals surface area contributed by atoms with Crippen molar-refractivity contribution >= 4 is 16.2 Å². The molecular weight excluding hydrogens is 495 g/mol. The number of nitrogens with zero attached hydrogens (tertiary/aromatic N) is 1. The molecule has 2 aromatic rings. The van der Waals surface area contributed by atoms with Gasteiger partial charge in [-0.3, -0.25) is 4.18 Å². The fourth-order valence-electron chi connectivity index (χ4n) is 5.66. The zero-order chi connectivity index (χ0) is 26.4. The van der Waals surface area contributed by atoms with Crippen LogP contribution in [-0.2, 0) is 24.5 Å². The minimum absolute atomic E-state index is 0.0268. The molecule has 0 bridgehead atoms. The third-order valence-electron chi connectivity index (χ3n) is 7.06. The number of fused-ring (bicyclic) bond motifs is 1. The van der Waals surface area contributed by atoms with Gasteiger partial charge in [0, 0.05) is 24.4 Å². The van der Waals surface area contributed by atoms with Crippen LogP contribution in [0.3, 0.4) is 0 Å². The fourth-order valence-corrected chi connectivity index (χ4v) is 6.34. The summed E-state index contributed by atoms with van der Waals surface area (Å²) >= 11 is 0. The third kappa shape index (κ3) is 4.98. The number of carbonyl (C=O) groups is 1. The van der Waals surface area contributed by atoms with Crippen LogP contribution in [0.15, 0.2) is 60.7 Å². The highest BCUT2D eigenvalue weighted by Crippen LogP contribution is 2.54. The molecule has 1 heterocycles. The van der Waals surface area contributed by atoms with Gasteiger partial charge in [0.15, 0.2) is 0 Å². The molecule has 2 fully saturated rings. The van der Waals surface area contributed by atoms with Gasteiger partial charge in [0.25, 0.3) is 0 Å². The van der Waals surface area contributed by atoms with Gasteiger partial charge < -0.3 is 9.64 Å². The number of carbonyl (C=O) groups excluding carboxylic acids is 1. The van der Waals surface area contributed by atoms with Crippen molar-refractivity contribution in [1.82, 2.24) is 4.90 Å². The van der Waals surface area contributed by atoms with E-state index in [1.807, 2.05) is 60.7 Å². The van der Waals surface area contributed by atoms with E-state index in [2.05, 4.69) is 0 Å². The Labute approximate surface area is 209 Å². The molecule has 0 spiro atoms. The Morgan fingerprint density at radius 1 is 0.944 bits per heavy atom. The second-order valence-corrected chi connectivity index (χ2v) is 12.0. The van der Waals surface area contributed by atoms with Crippen molar-refractivity contribution in [3.63, 3.8) is 0 Å². The third-order valence-corrected chi connectivity index (χ3v) is 8.13.